The van der Waals surface area contributed by atoms with Crippen molar-refractivity contribution in [1.82, 2.24) is 19.6 Å². The molecule has 0 spiro atoms. The van der Waals surface area contributed by atoms with E-state index in [9.17, 15) is 4.79 Å². The first-order chi connectivity index (χ1) is 8.29. The first-order valence-electron chi connectivity index (χ1n) is 6.19. The number of rotatable bonds is 2. The Morgan fingerprint density at radius 3 is 2.76 bits per heavy atom. The average molecular weight is 232 g/mol. The number of aryl methyl sites for hydroxylation is 1. The number of aromatic nitrogens is 4. The summed E-state index contributed by atoms with van der Waals surface area (Å²) in [5.74, 6) is 2.10. The summed E-state index contributed by atoms with van der Waals surface area (Å²) in [5, 5.41) is 3.22. The van der Waals surface area contributed by atoms with Crippen LogP contribution in [0.4, 0.5) is 0 Å². The van der Waals surface area contributed by atoms with Crippen LogP contribution in [0, 0.1) is 6.92 Å². The standard InChI is InChI=1S/C12H16N4O/c1-8-10(7-17)16-12(13-8)14-11(15-16)9-5-3-2-4-6-9/h7,9H,2-6H2,1H3,(H,13,14,15). The van der Waals surface area contributed by atoms with E-state index in [0.717, 1.165) is 17.8 Å². The van der Waals surface area contributed by atoms with Gasteiger partial charge in [-0.2, -0.15) is 4.98 Å². The number of carbonyl (C=O) groups is 1. The van der Waals surface area contributed by atoms with E-state index in [1.807, 2.05) is 6.92 Å². The Labute approximate surface area is 99.2 Å². The summed E-state index contributed by atoms with van der Waals surface area (Å²) in [6, 6.07) is 0. The van der Waals surface area contributed by atoms with Gasteiger partial charge >= 0.3 is 0 Å². The fraction of sp³-hybridized carbons (Fsp3) is 0.583. The summed E-state index contributed by atoms with van der Waals surface area (Å²) < 4.78 is 1.70. The van der Waals surface area contributed by atoms with E-state index in [4.69, 9.17) is 0 Å². The molecule has 0 saturated heterocycles. The highest BCUT2D eigenvalue weighted by Crippen LogP contribution is 2.30. The fourth-order valence-electron chi connectivity index (χ4n) is 2.66. The first-order valence-corrected chi connectivity index (χ1v) is 6.19. The highest BCUT2D eigenvalue weighted by atomic mass is 16.1. The molecular weight excluding hydrogens is 216 g/mol. The van der Waals surface area contributed by atoms with Crippen LogP contribution in [0.3, 0.4) is 0 Å². The van der Waals surface area contributed by atoms with Crippen molar-refractivity contribution >= 4 is 12.1 Å². The number of carbonyl (C=O) groups excluding carboxylic acids is 1. The monoisotopic (exact) mass is 232 g/mol. The lowest BCUT2D eigenvalue weighted by Gasteiger charge is -2.18. The molecule has 2 heterocycles. The molecular formula is C12H16N4O. The maximum atomic E-state index is 11.0. The number of hydrogen-bond acceptors (Lipinski definition) is 3. The molecule has 5 heteroatoms. The number of fused-ring (bicyclic) bond motifs is 1. The zero-order valence-electron chi connectivity index (χ0n) is 9.94. The molecule has 0 aromatic carbocycles. The van der Waals surface area contributed by atoms with Crippen LogP contribution in [0.1, 0.15) is 60.0 Å². The second-order valence-corrected chi connectivity index (χ2v) is 4.78. The van der Waals surface area contributed by atoms with E-state index >= 15 is 0 Å². The van der Waals surface area contributed by atoms with Crippen LogP contribution in [0.25, 0.3) is 5.78 Å². The van der Waals surface area contributed by atoms with E-state index in [1.165, 1.54) is 32.1 Å². The van der Waals surface area contributed by atoms with Crippen LogP contribution in [-0.2, 0) is 0 Å². The third-order valence-electron chi connectivity index (χ3n) is 3.63. The summed E-state index contributed by atoms with van der Waals surface area (Å²) in [6.07, 6.45) is 7.07. The zero-order chi connectivity index (χ0) is 11.8. The number of nitrogens with one attached hydrogen (secondary N) is 1. The summed E-state index contributed by atoms with van der Waals surface area (Å²) in [6.45, 7) is 1.83. The van der Waals surface area contributed by atoms with Gasteiger partial charge in [-0.3, -0.25) is 9.89 Å². The summed E-state index contributed by atoms with van der Waals surface area (Å²) in [7, 11) is 0. The lowest BCUT2D eigenvalue weighted by Crippen LogP contribution is -2.07. The summed E-state index contributed by atoms with van der Waals surface area (Å²) in [5.41, 5.74) is 1.31. The number of H-pyrrole nitrogens is 1. The van der Waals surface area contributed by atoms with E-state index < -0.39 is 0 Å². The van der Waals surface area contributed by atoms with Crippen molar-refractivity contribution in [1.29, 1.82) is 0 Å². The average Bonchev–Trinajstić information content (AvgIpc) is 2.86. The van der Waals surface area contributed by atoms with Gasteiger partial charge in [0.15, 0.2) is 6.29 Å². The molecule has 0 amide bonds. The molecule has 1 aliphatic rings. The van der Waals surface area contributed by atoms with Gasteiger partial charge in [0, 0.05) is 5.92 Å². The second kappa shape index (κ2) is 3.98. The summed E-state index contributed by atoms with van der Waals surface area (Å²) >= 11 is 0. The Balaban J connectivity index is 2.01. The second-order valence-electron chi connectivity index (χ2n) is 4.78. The maximum absolute atomic E-state index is 11.0. The molecule has 1 saturated carbocycles. The van der Waals surface area contributed by atoms with Crippen molar-refractivity contribution in [3.63, 3.8) is 0 Å². The van der Waals surface area contributed by atoms with Gasteiger partial charge in [-0.25, -0.2) is 9.50 Å². The zero-order valence-corrected chi connectivity index (χ0v) is 9.94. The van der Waals surface area contributed by atoms with E-state index in [0.29, 0.717) is 17.4 Å². The van der Waals surface area contributed by atoms with Gasteiger partial charge < -0.3 is 0 Å². The van der Waals surface area contributed by atoms with E-state index in [-0.39, 0.29) is 0 Å². The van der Waals surface area contributed by atoms with Crippen LogP contribution in [0.2, 0.25) is 0 Å². The molecule has 2 aromatic rings. The van der Waals surface area contributed by atoms with Gasteiger partial charge in [-0.05, 0) is 19.8 Å². The van der Waals surface area contributed by atoms with Crippen molar-refractivity contribution in [2.75, 3.05) is 0 Å². The Kier molecular flexibility index (Phi) is 2.46. The molecule has 0 aliphatic heterocycles. The number of nitrogens with zero attached hydrogens (tertiary/aromatic N) is 3. The van der Waals surface area contributed by atoms with Crippen molar-refractivity contribution in [3.05, 3.63) is 17.2 Å². The van der Waals surface area contributed by atoms with Crippen molar-refractivity contribution in [2.24, 2.45) is 0 Å². The molecule has 0 atom stereocenters. The van der Waals surface area contributed by atoms with Gasteiger partial charge in [-0.1, -0.05) is 19.3 Å². The number of aromatic amines is 1. The minimum atomic E-state index is 0.505. The highest BCUT2D eigenvalue weighted by molar-refractivity contribution is 5.75. The van der Waals surface area contributed by atoms with Gasteiger partial charge in [0.1, 0.15) is 11.5 Å². The molecule has 5 nitrogen and oxygen atoms in total. The van der Waals surface area contributed by atoms with Crippen LogP contribution in [-0.4, -0.2) is 25.9 Å². The van der Waals surface area contributed by atoms with E-state index in [2.05, 4.69) is 15.1 Å². The van der Waals surface area contributed by atoms with Crippen molar-refractivity contribution in [2.45, 2.75) is 44.9 Å². The van der Waals surface area contributed by atoms with Gasteiger partial charge in [0.2, 0.25) is 0 Å². The first kappa shape index (κ1) is 10.5. The molecule has 0 bridgehead atoms. The molecule has 17 heavy (non-hydrogen) atoms. The van der Waals surface area contributed by atoms with Gasteiger partial charge in [0.25, 0.3) is 5.78 Å². The molecule has 1 fully saturated rings. The van der Waals surface area contributed by atoms with Crippen molar-refractivity contribution < 1.29 is 4.79 Å². The number of imidazole rings is 1. The molecule has 1 aliphatic carbocycles. The van der Waals surface area contributed by atoms with Crippen LogP contribution < -0.4 is 0 Å². The minimum Gasteiger partial charge on any atom is -0.296 e. The normalized spacial score (nSPS) is 17.7. The number of hydrogen-bond donors (Lipinski definition) is 1. The predicted octanol–water partition coefficient (Wildman–Crippen LogP) is 2.23. The highest BCUT2D eigenvalue weighted by Gasteiger charge is 2.20. The lowest BCUT2D eigenvalue weighted by atomic mass is 9.89. The maximum Gasteiger partial charge on any atom is 0.251 e. The Hall–Kier alpha value is -1.65. The van der Waals surface area contributed by atoms with Crippen LogP contribution >= 0.6 is 0 Å². The predicted molar refractivity (Wildman–Crippen MR) is 63.3 cm³/mol. The third kappa shape index (κ3) is 1.66. The largest absolute Gasteiger partial charge is 0.296 e. The molecule has 2 aromatic heterocycles. The SMILES string of the molecule is Cc1nc2nc(C3CCCCC3)[nH]n2c1C=O. The molecule has 90 valence electrons. The Bertz CT molecular complexity index is 548. The van der Waals surface area contributed by atoms with Crippen LogP contribution in [0.5, 0.6) is 0 Å². The quantitative estimate of drug-likeness (QED) is 0.807. The van der Waals surface area contributed by atoms with Crippen LogP contribution in [0.15, 0.2) is 0 Å². The topological polar surface area (TPSA) is 63.1 Å². The molecule has 0 radical (unpaired) electrons. The van der Waals surface area contributed by atoms with Gasteiger partial charge in [-0.15, -0.1) is 0 Å². The number of aldehydes is 1. The smallest absolute Gasteiger partial charge is 0.251 e. The Morgan fingerprint density at radius 2 is 2.06 bits per heavy atom. The van der Waals surface area contributed by atoms with Gasteiger partial charge in [0.05, 0.1) is 5.69 Å². The van der Waals surface area contributed by atoms with E-state index in [1.54, 1.807) is 4.52 Å². The summed E-state index contributed by atoms with van der Waals surface area (Å²) in [4.78, 5) is 19.8. The third-order valence-corrected chi connectivity index (χ3v) is 3.63. The fourth-order valence-corrected chi connectivity index (χ4v) is 2.66. The Morgan fingerprint density at radius 1 is 1.29 bits per heavy atom. The minimum absolute atomic E-state index is 0.505. The molecule has 1 N–H and O–H groups in total. The molecule has 0 unspecified atom stereocenters. The van der Waals surface area contributed by atoms with Crippen molar-refractivity contribution in [3.8, 4) is 0 Å². The lowest BCUT2D eigenvalue weighted by molar-refractivity contribution is 0.111. The molecule has 3 rings (SSSR count).